The summed E-state index contributed by atoms with van der Waals surface area (Å²) in [5.41, 5.74) is 8.68. The second-order valence-corrected chi connectivity index (χ2v) is 3.67. The van der Waals surface area contributed by atoms with Crippen LogP contribution in [0.4, 0.5) is 10.5 Å². The normalized spacial score (nSPS) is 15.5. The Kier molecular flexibility index (Phi) is 2.49. The van der Waals surface area contributed by atoms with Crippen LogP contribution in [0.15, 0.2) is 18.2 Å². The van der Waals surface area contributed by atoms with Gasteiger partial charge in [-0.2, -0.15) is 0 Å². The number of nitrogens with zero attached hydrogens (tertiary/aromatic N) is 1. The van der Waals surface area contributed by atoms with E-state index in [1.54, 1.807) is 4.90 Å². The average molecular weight is 206 g/mol. The van der Waals surface area contributed by atoms with Gasteiger partial charge in [-0.3, -0.25) is 0 Å². The molecule has 15 heavy (non-hydrogen) atoms. The summed E-state index contributed by atoms with van der Waals surface area (Å²) in [4.78, 5) is 12.9. The molecule has 1 fully saturated rings. The zero-order valence-electron chi connectivity index (χ0n) is 8.69. The van der Waals surface area contributed by atoms with Gasteiger partial charge in [-0.05, 0) is 24.1 Å². The SMILES string of the molecule is Cc1c(N)cccc1CN1CCOC1=O. The van der Waals surface area contributed by atoms with Crippen LogP contribution >= 0.6 is 0 Å². The zero-order chi connectivity index (χ0) is 10.8. The van der Waals surface area contributed by atoms with Crippen molar-refractivity contribution in [3.05, 3.63) is 29.3 Å². The third-order valence-electron chi connectivity index (χ3n) is 2.69. The number of amides is 1. The Balaban J connectivity index is 2.17. The molecule has 2 N–H and O–H groups in total. The molecule has 4 heteroatoms. The number of hydrogen-bond acceptors (Lipinski definition) is 3. The largest absolute Gasteiger partial charge is 0.448 e. The Bertz CT molecular complexity index is 390. The summed E-state index contributed by atoms with van der Waals surface area (Å²) in [7, 11) is 0. The molecule has 1 aromatic carbocycles. The van der Waals surface area contributed by atoms with Crippen LogP contribution in [0.3, 0.4) is 0 Å². The third-order valence-corrected chi connectivity index (χ3v) is 2.69. The van der Waals surface area contributed by atoms with E-state index in [9.17, 15) is 4.79 Å². The monoisotopic (exact) mass is 206 g/mol. The molecule has 1 saturated heterocycles. The molecule has 1 aliphatic heterocycles. The Morgan fingerprint density at radius 3 is 3.00 bits per heavy atom. The van der Waals surface area contributed by atoms with Crippen LogP contribution in [0.1, 0.15) is 11.1 Å². The van der Waals surface area contributed by atoms with E-state index in [2.05, 4.69) is 0 Å². The molecule has 0 saturated carbocycles. The molecule has 1 aromatic rings. The van der Waals surface area contributed by atoms with E-state index in [4.69, 9.17) is 10.5 Å². The second kappa shape index (κ2) is 3.81. The van der Waals surface area contributed by atoms with Crippen molar-refractivity contribution in [1.82, 2.24) is 4.90 Å². The van der Waals surface area contributed by atoms with Crippen molar-refractivity contribution < 1.29 is 9.53 Å². The van der Waals surface area contributed by atoms with Crippen molar-refractivity contribution in [3.63, 3.8) is 0 Å². The highest BCUT2D eigenvalue weighted by Crippen LogP contribution is 2.18. The number of nitrogens with two attached hydrogens (primary N) is 1. The fourth-order valence-corrected chi connectivity index (χ4v) is 1.65. The summed E-state index contributed by atoms with van der Waals surface area (Å²) < 4.78 is 4.86. The van der Waals surface area contributed by atoms with Crippen LogP contribution < -0.4 is 5.73 Å². The summed E-state index contributed by atoms with van der Waals surface area (Å²) in [6.07, 6.45) is -0.239. The number of benzene rings is 1. The predicted molar refractivity (Wildman–Crippen MR) is 57.3 cm³/mol. The molecule has 1 aliphatic rings. The van der Waals surface area contributed by atoms with Crippen molar-refractivity contribution in [2.45, 2.75) is 13.5 Å². The molecule has 0 unspecified atom stereocenters. The number of anilines is 1. The van der Waals surface area contributed by atoms with Crippen molar-refractivity contribution in [1.29, 1.82) is 0 Å². The number of hydrogen-bond donors (Lipinski definition) is 1. The highest BCUT2D eigenvalue weighted by Gasteiger charge is 2.22. The van der Waals surface area contributed by atoms with Crippen molar-refractivity contribution in [2.24, 2.45) is 0 Å². The van der Waals surface area contributed by atoms with Gasteiger partial charge < -0.3 is 15.4 Å². The molecule has 2 rings (SSSR count). The Morgan fingerprint density at radius 2 is 2.33 bits per heavy atom. The maximum atomic E-state index is 11.2. The number of ether oxygens (including phenoxy) is 1. The summed E-state index contributed by atoms with van der Waals surface area (Å²) in [6.45, 7) is 3.69. The van der Waals surface area contributed by atoms with E-state index in [1.165, 1.54) is 0 Å². The summed E-state index contributed by atoms with van der Waals surface area (Å²) in [6, 6.07) is 5.75. The minimum absolute atomic E-state index is 0.239. The lowest BCUT2D eigenvalue weighted by atomic mass is 10.1. The summed E-state index contributed by atoms with van der Waals surface area (Å²) in [5, 5.41) is 0. The first-order valence-corrected chi connectivity index (χ1v) is 4.94. The molecular weight excluding hydrogens is 192 g/mol. The maximum absolute atomic E-state index is 11.2. The molecule has 0 radical (unpaired) electrons. The standard InChI is InChI=1S/C11H14N2O2/c1-8-9(3-2-4-10(8)12)7-13-5-6-15-11(13)14/h2-4H,5-7,12H2,1H3. The highest BCUT2D eigenvalue weighted by atomic mass is 16.6. The second-order valence-electron chi connectivity index (χ2n) is 3.67. The molecular formula is C11H14N2O2. The fourth-order valence-electron chi connectivity index (χ4n) is 1.65. The quantitative estimate of drug-likeness (QED) is 0.746. The molecule has 1 amide bonds. The van der Waals surface area contributed by atoms with Gasteiger partial charge in [0.15, 0.2) is 0 Å². The first kappa shape index (κ1) is 9.83. The van der Waals surface area contributed by atoms with Crippen molar-refractivity contribution in [2.75, 3.05) is 18.9 Å². The van der Waals surface area contributed by atoms with Gasteiger partial charge >= 0.3 is 6.09 Å². The van der Waals surface area contributed by atoms with Crippen LogP contribution in [0.5, 0.6) is 0 Å². The molecule has 0 aromatic heterocycles. The van der Waals surface area contributed by atoms with Gasteiger partial charge in [-0.15, -0.1) is 0 Å². The van der Waals surface area contributed by atoms with E-state index >= 15 is 0 Å². The molecule has 0 atom stereocenters. The van der Waals surface area contributed by atoms with E-state index in [0.717, 1.165) is 16.8 Å². The van der Waals surface area contributed by atoms with Gasteiger partial charge in [0.25, 0.3) is 0 Å². The van der Waals surface area contributed by atoms with Crippen LogP contribution in [0.25, 0.3) is 0 Å². The van der Waals surface area contributed by atoms with Gasteiger partial charge in [0.05, 0.1) is 6.54 Å². The lowest BCUT2D eigenvalue weighted by Crippen LogP contribution is -2.24. The smallest absolute Gasteiger partial charge is 0.410 e. The summed E-state index contributed by atoms with van der Waals surface area (Å²) in [5.74, 6) is 0. The first-order chi connectivity index (χ1) is 7.18. The molecule has 0 spiro atoms. The predicted octanol–water partition coefficient (Wildman–Crippen LogP) is 1.53. The highest BCUT2D eigenvalue weighted by molar-refractivity contribution is 5.69. The van der Waals surface area contributed by atoms with E-state index in [-0.39, 0.29) is 6.09 Å². The van der Waals surface area contributed by atoms with Gasteiger partial charge in [-0.1, -0.05) is 12.1 Å². The minimum atomic E-state index is -0.239. The lowest BCUT2D eigenvalue weighted by Gasteiger charge is -2.15. The van der Waals surface area contributed by atoms with Gasteiger partial charge in [0.1, 0.15) is 6.61 Å². The molecule has 4 nitrogen and oxygen atoms in total. The first-order valence-electron chi connectivity index (χ1n) is 4.94. The Hall–Kier alpha value is -1.71. The average Bonchev–Trinajstić information content (AvgIpc) is 2.60. The van der Waals surface area contributed by atoms with Crippen LogP contribution in [-0.4, -0.2) is 24.1 Å². The fraction of sp³-hybridized carbons (Fsp3) is 0.364. The van der Waals surface area contributed by atoms with Crippen molar-refractivity contribution >= 4 is 11.8 Å². The van der Waals surface area contributed by atoms with Crippen LogP contribution in [-0.2, 0) is 11.3 Å². The number of carbonyl (C=O) groups is 1. The lowest BCUT2D eigenvalue weighted by molar-refractivity contribution is 0.157. The van der Waals surface area contributed by atoms with E-state index < -0.39 is 0 Å². The van der Waals surface area contributed by atoms with E-state index in [0.29, 0.717) is 19.7 Å². The topological polar surface area (TPSA) is 55.6 Å². The van der Waals surface area contributed by atoms with Crippen molar-refractivity contribution in [3.8, 4) is 0 Å². The van der Waals surface area contributed by atoms with Gasteiger partial charge in [0.2, 0.25) is 0 Å². The van der Waals surface area contributed by atoms with Gasteiger partial charge in [0, 0.05) is 12.2 Å². The van der Waals surface area contributed by atoms with E-state index in [1.807, 2.05) is 25.1 Å². The van der Waals surface area contributed by atoms with Crippen LogP contribution in [0, 0.1) is 6.92 Å². The number of rotatable bonds is 2. The molecule has 0 aliphatic carbocycles. The Labute approximate surface area is 88.6 Å². The summed E-state index contributed by atoms with van der Waals surface area (Å²) >= 11 is 0. The number of cyclic esters (lactones) is 1. The van der Waals surface area contributed by atoms with Crippen LogP contribution in [0.2, 0.25) is 0 Å². The minimum Gasteiger partial charge on any atom is -0.448 e. The Morgan fingerprint density at radius 1 is 1.53 bits per heavy atom. The van der Waals surface area contributed by atoms with Gasteiger partial charge in [-0.25, -0.2) is 4.79 Å². The molecule has 80 valence electrons. The molecule has 1 heterocycles. The number of carbonyl (C=O) groups excluding carboxylic acids is 1. The maximum Gasteiger partial charge on any atom is 0.410 e. The number of nitrogen functional groups attached to an aromatic ring is 1. The third kappa shape index (κ3) is 1.88. The zero-order valence-corrected chi connectivity index (χ0v) is 8.69. The molecule has 0 bridgehead atoms.